The van der Waals surface area contributed by atoms with Crippen LogP contribution in [0.1, 0.15) is 53.0 Å². The third-order valence-electron chi connectivity index (χ3n) is 8.69. The molecule has 1 N–H and O–H groups in total. The van der Waals surface area contributed by atoms with Gasteiger partial charge < -0.3 is 29.3 Å². The molecule has 0 bridgehead atoms. The van der Waals surface area contributed by atoms with E-state index >= 15 is 0 Å². The fraction of sp³-hybridized carbons (Fsp3) is 0.545. The fourth-order valence-corrected chi connectivity index (χ4v) is 7.90. The smallest absolute Gasteiger partial charge is 0.410 e. The Morgan fingerprint density at radius 2 is 1.85 bits per heavy atom. The molecule has 248 valence electrons. The van der Waals surface area contributed by atoms with Crippen LogP contribution < -0.4 is 0 Å². The van der Waals surface area contributed by atoms with Crippen LogP contribution in [0.2, 0.25) is 0 Å². The first-order valence-electron chi connectivity index (χ1n) is 15.6. The third-order valence-corrected chi connectivity index (χ3v) is 10.2. The molecule has 0 aliphatic carbocycles. The van der Waals surface area contributed by atoms with Gasteiger partial charge in [-0.05, 0) is 70.5 Å². The van der Waals surface area contributed by atoms with E-state index in [1.807, 2.05) is 40.0 Å². The van der Waals surface area contributed by atoms with Gasteiger partial charge >= 0.3 is 12.1 Å². The number of piperidine rings is 1. The number of non-ortho nitro benzene ring substituents is 1. The van der Waals surface area contributed by atoms with Crippen LogP contribution in [0.15, 0.2) is 59.3 Å². The largest absolute Gasteiger partial charge is 0.456 e. The van der Waals surface area contributed by atoms with E-state index in [4.69, 9.17) is 9.47 Å². The molecule has 0 radical (unpaired) electrons. The molecule has 1 aromatic carbocycles. The molecule has 2 fully saturated rings. The number of nitro benzene ring substituents is 1. The standard InChI is InChI=1S/C33H42N4O8S/c1-20-27-26(21(2)38)30(39)36(27)28(31(40)44-19-22-8-10-24(11-9-22)37(42)43)29(20)46-25-13-12-23(14-17-34-15-6-7-16-34)35(18-25)32(41)45-33(3,4)5/h6-11,14,17,20-21,23,25-27,38H,12-13,15-16,18-19H2,1-5H3/b17-14+/t20-,21-,23?,25?,26-,27-/m1/s1. The molecular weight excluding hydrogens is 612 g/mol. The van der Waals surface area contributed by atoms with Crippen molar-refractivity contribution in [3.63, 3.8) is 0 Å². The zero-order chi connectivity index (χ0) is 33.3. The summed E-state index contributed by atoms with van der Waals surface area (Å²) >= 11 is 1.48. The molecule has 0 aromatic heterocycles. The van der Waals surface area contributed by atoms with Gasteiger partial charge in [0.05, 0.1) is 29.0 Å². The molecule has 1 aromatic rings. The molecule has 4 heterocycles. The zero-order valence-corrected chi connectivity index (χ0v) is 27.6. The Morgan fingerprint density at radius 1 is 1.17 bits per heavy atom. The number of carbonyl (C=O) groups excluding carboxylic acids is 3. The number of aliphatic hydroxyl groups excluding tert-OH is 1. The van der Waals surface area contributed by atoms with E-state index in [1.54, 1.807) is 11.8 Å². The average Bonchev–Trinajstić information content (AvgIpc) is 3.59. The third kappa shape index (κ3) is 7.10. The second kappa shape index (κ2) is 13.5. The lowest BCUT2D eigenvalue weighted by Crippen LogP contribution is -2.63. The molecular formula is C33H42N4O8S. The summed E-state index contributed by atoms with van der Waals surface area (Å²) < 4.78 is 11.4. The number of aliphatic hydroxyl groups is 1. The summed E-state index contributed by atoms with van der Waals surface area (Å²) in [5, 5.41) is 21.3. The molecule has 4 aliphatic heterocycles. The van der Waals surface area contributed by atoms with E-state index in [-0.39, 0.29) is 47.2 Å². The number of hydrogen-bond acceptors (Lipinski definition) is 10. The van der Waals surface area contributed by atoms with Crippen molar-refractivity contribution in [2.75, 3.05) is 19.6 Å². The summed E-state index contributed by atoms with van der Waals surface area (Å²) in [6.45, 7) is 10.9. The van der Waals surface area contributed by atoms with Crippen LogP contribution >= 0.6 is 11.8 Å². The number of nitro groups is 1. The molecule has 5 rings (SSSR count). The predicted octanol–water partition coefficient (Wildman–Crippen LogP) is 4.59. The number of hydrogen-bond donors (Lipinski definition) is 1. The van der Waals surface area contributed by atoms with E-state index in [2.05, 4.69) is 17.1 Å². The van der Waals surface area contributed by atoms with Gasteiger partial charge in [0.25, 0.3) is 5.69 Å². The van der Waals surface area contributed by atoms with Gasteiger partial charge in [-0.15, -0.1) is 11.8 Å². The number of rotatable bonds is 9. The highest BCUT2D eigenvalue weighted by atomic mass is 32.2. The SMILES string of the molecule is C[C@@H](O)[C@H]1C(=O)N2C(C(=O)OCc3ccc([N+](=O)[O-])cc3)=C(SC3CCC(/C=C/N4CC=CC4)N(C(=O)OC(C)(C)C)C3)[C@H](C)[C@H]12. The number of amides is 2. The molecule has 6 atom stereocenters. The Morgan fingerprint density at radius 3 is 2.46 bits per heavy atom. The van der Waals surface area contributed by atoms with Crippen LogP contribution in [0, 0.1) is 22.0 Å². The van der Waals surface area contributed by atoms with Crippen molar-refractivity contribution in [3.8, 4) is 0 Å². The molecule has 12 nitrogen and oxygen atoms in total. The number of benzene rings is 1. The predicted molar refractivity (Wildman–Crippen MR) is 172 cm³/mol. The minimum absolute atomic E-state index is 0.0713. The van der Waals surface area contributed by atoms with Gasteiger partial charge in [-0.25, -0.2) is 9.59 Å². The summed E-state index contributed by atoms with van der Waals surface area (Å²) in [4.78, 5) is 56.8. The van der Waals surface area contributed by atoms with E-state index < -0.39 is 34.6 Å². The number of β-lactam (4-membered cyclic amide) rings is 1. The van der Waals surface area contributed by atoms with Crippen LogP contribution in [-0.4, -0.2) is 91.4 Å². The van der Waals surface area contributed by atoms with E-state index in [0.717, 1.165) is 19.5 Å². The first kappa shape index (κ1) is 33.5. The van der Waals surface area contributed by atoms with Gasteiger partial charge in [-0.2, -0.15) is 0 Å². The molecule has 0 saturated carbocycles. The zero-order valence-electron chi connectivity index (χ0n) is 26.8. The van der Waals surface area contributed by atoms with Crippen molar-refractivity contribution >= 4 is 35.4 Å². The number of carbonyl (C=O) groups is 3. The summed E-state index contributed by atoms with van der Waals surface area (Å²) in [7, 11) is 0. The van der Waals surface area contributed by atoms with Crippen molar-refractivity contribution in [1.82, 2.24) is 14.7 Å². The van der Waals surface area contributed by atoms with E-state index in [0.29, 0.717) is 23.4 Å². The summed E-state index contributed by atoms with van der Waals surface area (Å²) in [6.07, 6.45) is 8.45. The number of likely N-dealkylation sites (tertiary alicyclic amines) is 1. The highest BCUT2D eigenvalue weighted by Crippen LogP contribution is 2.52. The molecule has 2 saturated heterocycles. The maximum atomic E-state index is 13.6. The first-order chi connectivity index (χ1) is 21.7. The van der Waals surface area contributed by atoms with E-state index in [9.17, 15) is 29.6 Å². The second-order valence-electron chi connectivity index (χ2n) is 13.3. The maximum absolute atomic E-state index is 13.6. The molecule has 4 aliphatic rings. The Kier molecular flexibility index (Phi) is 9.83. The van der Waals surface area contributed by atoms with Crippen molar-refractivity contribution in [3.05, 3.63) is 75.0 Å². The number of esters is 1. The van der Waals surface area contributed by atoms with Crippen molar-refractivity contribution in [2.45, 2.75) is 83.1 Å². The van der Waals surface area contributed by atoms with Crippen LogP contribution in [0.4, 0.5) is 10.5 Å². The van der Waals surface area contributed by atoms with Gasteiger partial charge in [-0.1, -0.05) is 19.1 Å². The average molecular weight is 655 g/mol. The van der Waals surface area contributed by atoms with Gasteiger partial charge in [0, 0.05) is 47.8 Å². The fourth-order valence-electron chi connectivity index (χ4n) is 6.40. The normalized spacial score (nSPS) is 26.8. The second-order valence-corrected chi connectivity index (χ2v) is 14.6. The highest BCUT2D eigenvalue weighted by Gasteiger charge is 2.60. The number of ether oxygens (including phenoxy) is 2. The summed E-state index contributed by atoms with van der Waals surface area (Å²) in [6, 6.07) is 5.18. The Bertz CT molecular complexity index is 1440. The van der Waals surface area contributed by atoms with Gasteiger partial charge in [0.1, 0.15) is 17.9 Å². The molecule has 2 unspecified atom stereocenters. The molecule has 46 heavy (non-hydrogen) atoms. The summed E-state index contributed by atoms with van der Waals surface area (Å²) in [5.74, 6) is -1.87. The lowest BCUT2D eigenvalue weighted by Gasteiger charge is -2.46. The van der Waals surface area contributed by atoms with Crippen LogP contribution in [-0.2, 0) is 25.7 Å². The highest BCUT2D eigenvalue weighted by molar-refractivity contribution is 8.03. The Balaban J connectivity index is 1.37. The quantitative estimate of drug-likeness (QED) is 0.132. The van der Waals surface area contributed by atoms with Gasteiger partial charge in [0.15, 0.2) is 0 Å². The van der Waals surface area contributed by atoms with Crippen molar-refractivity contribution < 1.29 is 33.9 Å². The van der Waals surface area contributed by atoms with Gasteiger partial charge in [0.2, 0.25) is 5.91 Å². The van der Waals surface area contributed by atoms with Crippen LogP contribution in [0.5, 0.6) is 0 Å². The first-order valence-corrected chi connectivity index (χ1v) is 16.5. The van der Waals surface area contributed by atoms with Crippen molar-refractivity contribution in [2.24, 2.45) is 11.8 Å². The monoisotopic (exact) mass is 654 g/mol. The topological polar surface area (TPSA) is 143 Å². The van der Waals surface area contributed by atoms with E-state index in [1.165, 1.54) is 40.9 Å². The number of nitrogens with zero attached hydrogens (tertiary/aromatic N) is 4. The van der Waals surface area contributed by atoms with Crippen molar-refractivity contribution in [1.29, 1.82) is 0 Å². The Hall–Kier alpha value is -3.84. The Labute approximate surface area is 273 Å². The lowest BCUT2D eigenvalue weighted by atomic mass is 9.79. The number of fused-ring (bicyclic) bond motifs is 1. The molecule has 2 amide bonds. The van der Waals surface area contributed by atoms with Crippen LogP contribution in [0.3, 0.4) is 0 Å². The summed E-state index contributed by atoms with van der Waals surface area (Å²) in [5.41, 5.74) is -0.00940. The molecule has 0 spiro atoms. The number of thioether (sulfide) groups is 1. The van der Waals surface area contributed by atoms with Gasteiger partial charge in [-0.3, -0.25) is 14.9 Å². The maximum Gasteiger partial charge on any atom is 0.410 e. The lowest BCUT2D eigenvalue weighted by molar-refractivity contribution is -0.384. The minimum atomic E-state index is -0.881. The van der Waals surface area contributed by atoms with Crippen LogP contribution in [0.25, 0.3) is 0 Å². The molecule has 13 heteroatoms. The minimum Gasteiger partial charge on any atom is -0.456 e.